The van der Waals surface area contributed by atoms with Gasteiger partial charge in [0.05, 0.1) is 11.4 Å². The van der Waals surface area contributed by atoms with Gasteiger partial charge in [0, 0.05) is 35.3 Å². The number of amides is 2. The van der Waals surface area contributed by atoms with Crippen LogP contribution in [0.3, 0.4) is 0 Å². The van der Waals surface area contributed by atoms with Gasteiger partial charge in [0.1, 0.15) is 5.75 Å². The van der Waals surface area contributed by atoms with E-state index < -0.39 is 0 Å². The maximum atomic E-state index is 12.5. The molecule has 1 saturated carbocycles. The first-order valence-electron chi connectivity index (χ1n) is 10.6. The lowest BCUT2D eigenvalue weighted by molar-refractivity contribution is 0.102. The molecule has 1 aromatic heterocycles. The molecule has 31 heavy (non-hydrogen) atoms. The third kappa shape index (κ3) is 4.17. The van der Waals surface area contributed by atoms with Crippen LogP contribution >= 0.6 is 0 Å². The van der Waals surface area contributed by atoms with Crippen molar-refractivity contribution in [2.24, 2.45) is 0 Å². The lowest BCUT2D eigenvalue weighted by Gasteiger charge is -2.25. The molecule has 1 aliphatic carbocycles. The Morgan fingerprint density at radius 2 is 1.94 bits per heavy atom. The van der Waals surface area contributed by atoms with Crippen LogP contribution in [0.5, 0.6) is 5.75 Å². The molecule has 0 saturated heterocycles. The molecule has 7 nitrogen and oxygen atoms in total. The standard InChI is InChI=1S/C24H26N4O3/c1-3-25-24(31)28-21(16-8-6-9-16)14-20(27-28)19-12-11-17(13-22(19)29)26-23(30)18-10-5-4-7-15(18)2/h4-5,7,10-14,16,29H,3,6,8-9H2,1-2H3,(H,25,31)(H,26,30). The first-order chi connectivity index (χ1) is 15.0. The maximum Gasteiger partial charge on any atom is 0.342 e. The number of nitrogens with zero attached hydrogens (tertiary/aromatic N) is 2. The van der Waals surface area contributed by atoms with Crippen LogP contribution in [-0.2, 0) is 0 Å². The van der Waals surface area contributed by atoms with Gasteiger partial charge in [-0.2, -0.15) is 9.78 Å². The molecule has 160 valence electrons. The number of carbonyl (C=O) groups excluding carboxylic acids is 2. The molecule has 3 aromatic rings. The van der Waals surface area contributed by atoms with Crippen LogP contribution in [0, 0.1) is 6.92 Å². The van der Waals surface area contributed by atoms with Crippen molar-refractivity contribution in [2.75, 3.05) is 11.9 Å². The number of aromatic hydroxyl groups is 1. The van der Waals surface area contributed by atoms with Crippen molar-refractivity contribution in [2.45, 2.75) is 39.0 Å². The number of hydrogen-bond donors (Lipinski definition) is 3. The summed E-state index contributed by atoms with van der Waals surface area (Å²) in [5.74, 6) is 0.0556. The van der Waals surface area contributed by atoms with E-state index in [-0.39, 0.29) is 17.7 Å². The van der Waals surface area contributed by atoms with Crippen LogP contribution in [0.4, 0.5) is 10.5 Å². The van der Waals surface area contributed by atoms with Crippen LogP contribution in [0.15, 0.2) is 48.5 Å². The first kappa shape index (κ1) is 20.7. The van der Waals surface area contributed by atoms with E-state index in [1.54, 1.807) is 18.2 Å². The molecule has 4 rings (SSSR count). The van der Waals surface area contributed by atoms with Crippen LogP contribution in [0.2, 0.25) is 0 Å². The van der Waals surface area contributed by atoms with Gasteiger partial charge in [0.15, 0.2) is 0 Å². The fourth-order valence-electron chi connectivity index (χ4n) is 3.76. The minimum absolute atomic E-state index is 0.0108. The van der Waals surface area contributed by atoms with Crippen LogP contribution < -0.4 is 10.6 Å². The monoisotopic (exact) mass is 418 g/mol. The Hall–Kier alpha value is -3.61. The summed E-state index contributed by atoms with van der Waals surface area (Å²) >= 11 is 0. The average molecular weight is 418 g/mol. The average Bonchev–Trinajstić information content (AvgIpc) is 3.11. The minimum atomic E-state index is -0.266. The van der Waals surface area contributed by atoms with E-state index in [1.165, 1.54) is 10.7 Å². The summed E-state index contributed by atoms with van der Waals surface area (Å²) in [5.41, 5.74) is 3.84. The molecule has 1 fully saturated rings. The zero-order valence-electron chi connectivity index (χ0n) is 17.7. The van der Waals surface area contributed by atoms with Crippen molar-refractivity contribution >= 4 is 17.6 Å². The highest BCUT2D eigenvalue weighted by Gasteiger charge is 2.27. The van der Waals surface area contributed by atoms with Gasteiger partial charge in [-0.05, 0) is 56.5 Å². The molecule has 0 aliphatic heterocycles. The van der Waals surface area contributed by atoms with Crippen LogP contribution in [0.25, 0.3) is 11.3 Å². The van der Waals surface area contributed by atoms with E-state index in [4.69, 9.17) is 0 Å². The summed E-state index contributed by atoms with van der Waals surface area (Å²) in [6.07, 6.45) is 3.20. The molecular formula is C24H26N4O3. The second-order valence-electron chi connectivity index (χ2n) is 7.83. The third-order valence-corrected chi connectivity index (χ3v) is 5.70. The molecule has 3 N–H and O–H groups in total. The van der Waals surface area contributed by atoms with Gasteiger partial charge in [-0.3, -0.25) is 4.79 Å². The highest BCUT2D eigenvalue weighted by Crippen LogP contribution is 2.39. The third-order valence-electron chi connectivity index (χ3n) is 5.70. The fourth-order valence-corrected chi connectivity index (χ4v) is 3.76. The summed E-state index contributed by atoms with van der Waals surface area (Å²) in [7, 11) is 0. The predicted octanol–water partition coefficient (Wildman–Crippen LogP) is 4.66. The number of nitrogens with one attached hydrogen (secondary N) is 2. The van der Waals surface area contributed by atoms with Crippen molar-refractivity contribution in [3.63, 3.8) is 0 Å². The van der Waals surface area contributed by atoms with Gasteiger partial charge in [-0.1, -0.05) is 24.6 Å². The largest absolute Gasteiger partial charge is 0.507 e. The quantitative estimate of drug-likeness (QED) is 0.561. The normalized spacial score (nSPS) is 13.5. The number of aryl methyl sites for hydroxylation is 1. The van der Waals surface area contributed by atoms with Crippen molar-refractivity contribution in [3.05, 3.63) is 65.4 Å². The Bertz CT molecular complexity index is 1130. The van der Waals surface area contributed by atoms with Crippen molar-refractivity contribution in [3.8, 4) is 17.0 Å². The molecule has 0 unspecified atom stereocenters. The van der Waals surface area contributed by atoms with E-state index in [0.717, 1.165) is 30.5 Å². The smallest absolute Gasteiger partial charge is 0.342 e. The van der Waals surface area contributed by atoms with Crippen molar-refractivity contribution in [1.82, 2.24) is 15.1 Å². The number of benzene rings is 2. The van der Waals surface area contributed by atoms with Gasteiger partial charge >= 0.3 is 6.03 Å². The van der Waals surface area contributed by atoms with E-state index in [2.05, 4.69) is 15.7 Å². The first-order valence-corrected chi connectivity index (χ1v) is 10.6. The Kier molecular flexibility index (Phi) is 5.75. The van der Waals surface area contributed by atoms with Gasteiger partial charge < -0.3 is 15.7 Å². The molecule has 0 bridgehead atoms. The molecule has 0 spiro atoms. The summed E-state index contributed by atoms with van der Waals surface area (Å²) in [4.78, 5) is 25.0. The summed E-state index contributed by atoms with van der Waals surface area (Å²) in [6, 6.07) is 13.9. The van der Waals surface area contributed by atoms with E-state index >= 15 is 0 Å². The number of phenolic OH excluding ortho intramolecular Hbond substituents is 1. The number of hydrogen-bond acceptors (Lipinski definition) is 4. The van der Waals surface area contributed by atoms with Crippen molar-refractivity contribution < 1.29 is 14.7 Å². The summed E-state index contributed by atoms with van der Waals surface area (Å²) in [5, 5.41) is 20.7. The number of phenols is 1. The number of anilines is 1. The molecule has 0 radical (unpaired) electrons. The van der Waals surface area contributed by atoms with Gasteiger partial charge in [0.25, 0.3) is 5.91 Å². The molecule has 1 aliphatic rings. The predicted molar refractivity (Wildman–Crippen MR) is 120 cm³/mol. The molecule has 0 atom stereocenters. The number of carbonyl (C=O) groups is 2. The van der Waals surface area contributed by atoms with Gasteiger partial charge in [0.2, 0.25) is 0 Å². The second kappa shape index (κ2) is 8.63. The van der Waals surface area contributed by atoms with Gasteiger partial charge in [-0.15, -0.1) is 0 Å². The Labute approximate surface area is 181 Å². The number of rotatable bonds is 5. The topological polar surface area (TPSA) is 96.3 Å². The summed E-state index contributed by atoms with van der Waals surface area (Å²) < 4.78 is 1.41. The zero-order chi connectivity index (χ0) is 22.0. The Morgan fingerprint density at radius 3 is 2.58 bits per heavy atom. The molecular weight excluding hydrogens is 392 g/mol. The Morgan fingerprint density at radius 1 is 1.16 bits per heavy atom. The minimum Gasteiger partial charge on any atom is -0.507 e. The van der Waals surface area contributed by atoms with Gasteiger partial charge in [-0.25, -0.2) is 4.79 Å². The van der Waals surface area contributed by atoms with Crippen LogP contribution in [-0.4, -0.2) is 33.4 Å². The SMILES string of the molecule is CCNC(=O)n1nc(-c2ccc(NC(=O)c3ccccc3C)cc2O)cc1C1CCC1. The fraction of sp³-hybridized carbons (Fsp3) is 0.292. The number of aromatic nitrogens is 2. The van der Waals surface area contributed by atoms with E-state index in [9.17, 15) is 14.7 Å². The molecule has 1 heterocycles. The lowest BCUT2D eigenvalue weighted by Crippen LogP contribution is -2.31. The molecule has 7 heteroatoms. The van der Waals surface area contributed by atoms with E-state index in [1.807, 2.05) is 38.1 Å². The Balaban J connectivity index is 1.60. The second-order valence-corrected chi connectivity index (χ2v) is 7.83. The molecule has 2 amide bonds. The summed E-state index contributed by atoms with van der Waals surface area (Å²) in [6.45, 7) is 4.25. The highest BCUT2D eigenvalue weighted by molar-refractivity contribution is 6.05. The van der Waals surface area contributed by atoms with Crippen LogP contribution in [0.1, 0.15) is 53.7 Å². The highest BCUT2D eigenvalue weighted by atomic mass is 16.3. The zero-order valence-corrected chi connectivity index (χ0v) is 17.7. The van der Waals surface area contributed by atoms with Crippen molar-refractivity contribution in [1.29, 1.82) is 0 Å². The lowest BCUT2D eigenvalue weighted by atomic mass is 9.82. The van der Waals surface area contributed by atoms with E-state index in [0.29, 0.717) is 35.0 Å². The maximum absolute atomic E-state index is 12.5. The molecule has 2 aromatic carbocycles.